The summed E-state index contributed by atoms with van der Waals surface area (Å²) in [5.41, 5.74) is 4.25. The molecule has 2 aromatic carbocycles. The molecule has 3 aliphatic rings. The number of hydrogen-bond donors (Lipinski definition) is 1. The number of benzene rings is 2. The third-order valence-corrected chi connectivity index (χ3v) is 7.45. The molecule has 2 fully saturated rings. The highest BCUT2D eigenvalue weighted by Crippen LogP contribution is 2.45. The van der Waals surface area contributed by atoms with Crippen molar-refractivity contribution in [3.8, 4) is 11.1 Å². The fourth-order valence-electron chi connectivity index (χ4n) is 6.07. The van der Waals surface area contributed by atoms with Crippen molar-refractivity contribution >= 4 is 6.09 Å². The number of piperidine rings is 2. The zero-order valence-corrected chi connectivity index (χ0v) is 18.0. The van der Waals surface area contributed by atoms with E-state index in [1.165, 1.54) is 22.3 Å². The number of amides is 1. The first-order valence-electron chi connectivity index (χ1n) is 11.6. The van der Waals surface area contributed by atoms with E-state index in [0.29, 0.717) is 19.4 Å². The minimum atomic E-state index is -0.690. The Morgan fingerprint density at radius 3 is 2.23 bits per heavy atom. The van der Waals surface area contributed by atoms with Gasteiger partial charge in [0.15, 0.2) is 0 Å². The molecule has 2 heterocycles. The van der Waals surface area contributed by atoms with Crippen LogP contribution >= 0.6 is 0 Å². The Hall–Kier alpha value is -2.59. The van der Waals surface area contributed by atoms with E-state index in [1.54, 1.807) is 0 Å². The van der Waals surface area contributed by atoms with Gasteiger partial charge in [-0.2, -0.15) is 0 Å². The quantitative estimate of drug-likeness (QED) is 0.640. The number of hydrogen-bond acceptors (Lipinski definition) is 3. The van der Waals surface area contributed by atoms with Crippen molar-refractivity contribution in [2.24, 2.45) is 0 Å². The molecule has 2 aromatic rings. The number of nitrogens with zero attached hydrogens (tertiary/aromatic N) is 1. The smallest absolute Gasteiger partial charge is 0.410 e. The van der Waals surface area contributed by atoms with Crippen LogP contribution < -0.4 is 0 Å². The van der Waals surface area contributed by atoms with Gasteiger partial charge < -0.3 is 14.7 Å². The maximum atomic E-state index is 13.2. The van der Waals surface area contributed by atoms with Gasteiger partial charge in [0.05, 0.1) is 5.60 Å². The highest BCUT2D eigenvalue weighted by atomic mass is 16.6. The summed E-state index contributed by atoms with van der Waals surface area (Å²) in [6.45, 7) is 4.14. The second kappa shape index (κ2) is 8.16. The SMILES string of the molecule is C=CCCC1(O)CC2CCCC(C1)N2C(=O)OCC1c2ccccc2-c2ccccc21. The first kappa shape index (κ1) is 20.3. The van der Waals surface area contributed by atoms with E-state index in [4.69, 9.17) is 4.74 Å². The first-order valence-corrected chi connectivity index (χ1v) is 11.6. The highest BCUT2D eigenvalue weighted by molar-refractivity contribution is 5.79. The van der Waals surface area contributed by atoms with Crippen LogP contribution in [0.5, 0.6) is 0 Å². The van der Waals surface area contributed by atoms with Gasteiger partial charge in [-0.25, -0.2) is 4.79 Å². The van der Waals surface area contributed by atoms with Crippen molar-refractivity contribution in [3.05, 3.63) is 72.3 Å². The fourth-order valence-corrected chi connectivity index (χ4v) is 6.07. The lowest BCUT2D eigenvalue weighted by Crippen LogP contribution is -2.60. The number of allylic oxidation sites excluding steroid dienone is 1. The molecule has 0 saturated carbocycles. The van der Waals surface area contributed by atoms with Gasteiger partial charge in [0.25, 0.3) is 0 Å². The van der Waals surface area contributed by atoms with E-state index >= 15 is 0 Å². The van der Waals surface area contributed by atoms with Gasteiger partial charge in [-0.3, -0.25) is 0 Å². The maximum Gasteiger partial charge on any atom is 0.410 e. The number of carbonyl (C=O) groups excluding carboxylic acids is 1. The van der Waals surface area contributed by atoms with E-state index in [1.807, 2.05) is 11.0 Å². The Bertz CT molecular complexity index is 924. The van der Waals surface area contributed by atoms with E-state index in [-0.39, 0.29) is 24.1 Å². The van der Waals surface area contributed by atoms with Gasteiger partial charge in [0, 0.05) is 18.0 Å². The van der Waals surface area contributed by atoms with Crippen LogP contribution in [0.4, 0.5) is 4.79 Å². The summed E-state index contributed by atoms with van der Waals surface area (Å²) in [4.78, 5) is 15.2. The molecule has 4 heteroatoms. The largest absolute Gasteiger partial charge is 0.448 e. The van der Waals surface area contributed by atoms with Crippen molar-refractivity contribution in [1.29, 1.82) is 0 Å². The third kappa shape index (κ3) is 3.67. The van der Waals surface area contributed by atoms with Gasteiger partial charge in [-0.15, -0.1) is 6.58 Å². The number of aliphatic hydroxyl groups is 1. The van der Waals surface area contributed by atoms with Crippen LogP contribution in [0.15, 0.2) is 61.2 Å². The average molecular weight is 418 g/mol. The van der Waals surface area contributed by atoms with E-state index < -0.39 is 5.60 Å². The molecule has 2 aliphatic heterocycles. The lowest BCUT2D eigenvalue weighted by molar-refractivity contribution is -0.0879. The molecule has 2 atom stereocenters. The van der Waals surface area contributed by atoms with Gasteiger partial charge in [-0.1, -0.05) is 54.6 Å². The van der Waals surface area contributed by atoms with E-state index in [2.05, 4.69) is 55.1 Å². The Labute approximate surface area is 184 Å². The zero-order valence-electron chi connectivity index (χ0n) is 18.0. The highest BCUT2D eigenvalue weighted by Gasteiger charge is 2.47. The van der Waals surface area contributed by atoms with Crippen molar-refractivity contribution in [2.45, 2.75) is 68.5 Å². The van der Waals surface area contributed by atoms with Crippen molar-refractivity contribution in [2.75, 3.05) is 6.61 Å². The average Bonchev–Trinajstić information content (AvgIpc) is 3.09. The van der Waals surface area contributed by atoms with E-state index in [9.17, 15) is 9.90 Å². The van der Waals surface area contributed by atoms with Crippen LogP contribution in [0.1, 0.15) is 62.0 Å². The van der Waals surface area contributed by atoms with Crippen molar-refractivity contribution in [1.82, 2.24) is 4.90 Å². The second-order valence-electron chi connectivity index (χ2n) is 9.41. The van der Waals surface area contributed by atoms with Crippen molar-refractivity contribution < 1.29 is 14.6 Å². The molecular weight excluding hydrogens is 386 g/mol. The normalized spacial score (nSPS) is 26.8. The molecule has 1 aliphatic carbocycles. The zero-order chi connectivity index (χ0) is 21.4. The molecule has 0 spiro atoms. The summed E-state index contributed by atoms with van der Waals surface area (Å²) in [7, 11) is 0. The van der Waals surface area contributed by atoms with Crippen LogP contribution in [-0.2, 0) is 4.74 Å². The van der Waals surface area contributed by atoms with Crippen molar-refractivity contribution in [3.63, 3.8) is 0 Å². The summed E-state index contributed by atoms with van der Waals surface area (Å²) in [5, 5.41) is 11.1. The molecular formula is C27H31NO3. The Balaban J connectivity index is 1.31. The molecule has 1 amide bonds. The van der Waals surface area contributed by atoms with Crippen LogP contribution in [0.25, 0.3) is 11.1 Å². The Kier molecular flexibility index (Phi) is 5.35. The molecule has 5 rings (SSSR count). The first-order chi connectivity index (χ1) is 15.1. The molecule has 2 bridgehead atoms. The fraction of sp³-hybridized carbons (Fsp3) is 0.444. The predicted molar refractivity (Wildman–Crippen MR) is 122 cm³/mol. The summed E-state index contributed by atoms with van der Waals surface area (Å²) in [5.74, 6) is 0.0745. The maximum absolute atomic E-state index is 13.2. The summed E-state index contributed by atoms with van der Waals surface area (Å²) in [6.07, 6.45) is 7.45. The molecule has 2 unspecified atom stereocenters. The summed E-state index contributed by atoms with van der Waals surface area (Å²) >= 11 is 0. The molecule has 0 aromatic heterocycles. The molecule has 0 radical (unpaired) electrons. The predicted octanol–water partition coefficient (Wildman–Crippen LogP) is 5.65. The van der Waals surface area contributed by atoms with Crippen LogP contribution in [0.3, 0.4) is 0 Å². The standard InChI is InChI=1S/C27H31NO3/c1-2-3-15-27(30)16-19-9-8-10-20(17-27)28(19)26(29)31-18-25-23-13-6-4-11-21(23)22-12-5-7-14-24(22)25/h2,4-7,11-14,19-20,25,30H,1,3,8-10,15-18H2. The number of ether oxygens (including phenoxy) is 1. The van der Waals surface area contributed by atoms with Gasteiger partial charge >= 0.3 is 6.09 Å². The lowest BCUT2D eigenvalue weighted by Gasteiger charge is -2.51. The number of rotatable bonds is 5. The molecule has 4 nitrogen and oxygen atoms in total. The second-order valence-corrected chi connectivity index (χ2v) is 9.41. The Morgan fingerprint density at radius 1 is 1.06 bits per heavy atom. The van der Waals surface area contributed by atoms with E-state index in [0.717, 1.165) is 32.1 Å². The van der Waals surface area contributed by atoms with Crippen LogP contribution in [-0.4, -0.2) is 40.4 Å². The third-order valence-electron chi connectivity index (χ3n) is 7.45. The van der Waals surface area contributed by atoms with Gasteiger partial charge in [-0.05, 0) is 67.2 Å². The molecule has 31 heavy (non-hydrogen) atoms. The van der Waals surface area contributed by atoms with Crippen LogP contribution in [0.2, 0.25) is 0 Å². The minimum Gasteiger partial charge on any atom is -0.448 e. The minimum absolute atomic E-state index is 0.0676. The molecule has 1 N–H and O–H groups in total. The summed E-state index contributed by atoms with van der Waals surface area (Å²) < 4.78 is 5.95. The number of fused-ring (bicyclic) bond motifs is 5. The Morgan fingerprint density at radius 2 is 1.65 bits per heavy atom. The van der Waals surface area contributed by atoms with Gasteiger partial charge in [0.2, 0.25) is 0 Å². The summed E-state index contributed by atoms with van der Waals surface area (Å²) in [6, 6.07) is 16.9. The molecule has 162 valence electrons. The lowest BCUT2D eigenvalue weighted by atomic mass is 9.74. The monoisotopic (exact) mass is 417 g/mol. The van der Waals surface area contributed by atoms with Crippen LogP contribution in [0, 0.1) is 0 Å². The van der Waals surface area contributed by atoms with Gasteiger partial charge in [0.1, 0.15) is 6.61 Å². The number of carbonyl (C=O) groups is 1. The molecule has 2 saturated heterocycles. The topological polar surface area (TPSA) is 49.8 Å².